The zero-order valence-corrected chi connectivity index (χ0v) is 15.9. The summed E-state index contributed by atoms with van der Waals surface area (Å²) in [5.74, 6) is 0.963. The Morgan fingerprint density at radius 1 is 1.14 bits per heavy atom. The van der Waals surface area contributed by atoms with Crippen LogP contribution in [0, 0.1) is 0 Å². The maximum Gasteiger partial charge on any atom is 0.273 e. The Hall–Kier alpha value is -3.94. The van der Waals surface area contributed by atoms with Crippen LogP contribution in [0.4, 0.5) is 0 Å². The number of aryl methyl sites for hydroxylation is 1. The zero-order chi connectivity index (χ0) is 20.4. The Morgan fingerprint density at radius 3 is 2.52 bits per heavy atom. The molecule has 0 saturated heterocycles. The zero-order valence-electron chi connectivity index (χ0n) is 15.9. The van der Waals surface area contributed by atoms with Crippen LogP contribution in [-0.4, -0.2) is 32.8 Å². The first-order valence-corrected chi connectivity index (χ1v) is 8.98. The molecule has 4 aromatic rings. The van der Waals surface area contributed by atoms with E-state index in [1.165, 1.54) is 0 Å². The molecule has 1 amide bonds. The molecule has 4 rings (SSSR count). The Kier molecular flexibility index (Phi) is 4.82. The van der Waals surface area contributed by atoms with Gasteiger partial charge in [0.15, 0.2) is 5.69 Å². The normalized spacial score (nSPS) is 11.9. The summed E-state index contributed by atoms with van der Waals surface area (Å²) >= 11 is 0. The number of carbonyl (C=O) groups excluding carboxylic acids is 1. The van der Waals surface area contributed by atoms with E-state index in [1.807, 2.05) is 42.1 Å². The molecule has 2 N–H and O–H groups in total. The van der Waals surface area contributed by atoms with Crippen LogP contribution in [0.5, 0.6) is 5.75 Å². The molecule has 29 heavy (non-hydrogen) atoms. The van der Waals surface area contributed by atoms with E-state index in [2.05, 4.69) is 20.5 Å². The highest BCUT2D eigenvalue weighted by Crippen LogP contribution is 2.24. The van der Waals surface area contributed by atoms with E-state index in [0.29, 0.717) is 22.3 Å². The van der Waals surface area contributed by atoms with Gasteiger partial charge in [-0.25, -0.2) is 10.1 Å². The Balaban J connectivity index is 1.75. The molecule has 2 aromatic heterocycles. The van der Waals surface area contributed by atoms with Gasteiger partial charge in [0.25, 0.3) is 11.5 Å². The third kappa shape index (κ3) is 3.47. The van der Waals surface area contributed by atoms with Gasteiger partial charge >= 0.3 is 0 Å². The van der Waals surface area contributed by atoms with Gasteiger partial charge in [-0.05, 0) is 23.8 Å². The van der Waals surface area contributed by atoms with Crippen LogP contribution in [0.2, 0.25) is 0 Å². The number of benzene rings is 2. The van der Waals surface area contributed by atoms with Crippen molar-refractivity contribution < 1.29 is 9.53 Å². The second-order valence-electron chi connectivity index (χ2n) is 6.52. The summed E-state index contributed by atoms with van der Waals surface area (Å²) < 4.78 is 7.06. The molecule has 2 heterocycles. The molecule has 0 aliphatic heterocycles. The first kappa shape index (κ1) is 18.4. The van der Waals surface area contributed by atoms with Crippen LogP contribution >= 0.6 is 0 Å². The van der Waals surface area contributed by atoms with Gasteiger partial charge in [0, 0.05) is 24.8 Å². The quantitative estimate of drug-likeness (QED) is 0.545. The first-order valence-electron chi connectivity index (χ1n) is 8.98. The van der Waals surface area contributed by atoms with E-state index in [1.54, 1.807) is 37.6 Å². The minimum atomic E-state index is -0.513. The van der Waals surface area contributed by atoms with Crippen LogP contribution in [0.25, 0.3) is 10.8 Å². The van der Waals surface area contributed by atoms with Crippen molar-refractivity contribution in [1.82, 2.24) is 25.1 Å². The number of amides is 1. The van der Waals surface area contributed by atoms with E-state index in [9.17, 15) is 9.59 Å². The number of nitrogens with zero attached hydrogens (tertiary/aromatic N) is 3. The number of aromatic amines is 1. The Morgan fingerprint density at radius 2 is 1.86 bits per heavy atom. The monoisotopic (exact) mass is 389 g/mol. The first-order chi connectivity index (χ1) is 14.1. The van der Waals surface area contributed by atoms with Crippen LogP contribution in [0.3, 0.4) is 0 Å². The average Bonchev–Trinajstić information content (AvgIpc) is 3.18. The SMILES string of the molecule is COc1ccc(C(NC(=O)c2n[nH]c(=O)c3ccccc23)c2nccn2C)cc1. The maximum atomic E-state index is 13.1. The van der Waals surface area contributed by atoms with Gasteiger partial charge < -0.3 is 14.6 Å². The lowest BCUT2D eigenvalue weighted by atomic mass is 10.0. The number of ether oxygens (including phenoxy) is 1. The predicted molar refractivity (Wildman–Crippen MR) is 108 cm³/mol. The van der Waals surface area contributed by atoms with Crippen LogP contribution in [0.15, 0.2) is 65.7 Å². The van der Waals surface area contributed by atoms with E-state index >= 15 is 0 Å². The predicted octanol–water partition coefficient (Wildman–Crippen LogP) is 2.18. The van der Waals surface area contributed by atoms with Crippen molar-refractivity contribution in [3.8, 4) is 5.75 Å². The number of carbonyl (C=O) groups is 1. The van der Waals surface area contributed by atoms with Crippen LogP contribution in [-0.2, 0) is 7.05 Å². The lowest BCUT2D eigenvalue weighted by Crippen LogP contribution is -2.32. The fourth-order valence-electron chi connectivity index (χ4n) is 3.24. The number of hydrogen-bond acceptors (Lipinski definition) is 5. The molecule has 0 aliphatic carbocycles. The number of rotatable bonds is 5. The fraction of sp³-hybridized carbons (Fsp3) is 0.143. The van der Waals surface area contributed by atoms with E-state index in [4.69, 9.17) is 4.74 Å². The number of H-pyrrole nitrogens is 1. The van der Waals surface area contributed by atoms with Crippen LogP contribution < -0.4 is 15.6 Å². The second-order valence-corrected chi connectivity index (χ2v) is 6.52. The molecule has 0 radical (unpaired) electrons. The van der Waals surface area contributed by atoms with Gasteiger partial charge in [0.1, 0.15) is 17.6 Å². The lowest BCUT2D eigenvalue weighted by Gasteiger charge is -2.19. The number of imidazole rings is 1. The molecule has 8 heteroatoms. The van der Waals surface area contributed by atoms with E-state index in [-0.39, 0.29) is 11.3 Å². The van der Waals surface area contributed by atoms with Crippen LogP contribution in [0.1, 0.15) is 27.9 Å². The van der Waals surface area contributed by atoms with E-state index in [0.717, 1.165) is 5.56 Å². The number of methoxy groups -OCH3 is 1. The summed E-state index contributed by atoms with van der Waals surface area (Å²) in [6.45, 7) is 0. The molecule has 2 aromatic carbocycles. The Labute approximate surface area is 166 Å². The molecule has 146 valence electrons. The van der Waals surface area contributed by atoms with Crippen molar-refractivity contribution in [2.45, 2.75) is 6.04 Å². The molecule has 1 atom stereocenters. The summed E-state index contributed by atoms with van der Waals surface area (Å²) in [7, 11) is 3.46. The number of aromatic nitrogens is 4. The highest BCUT2D eigenvalue weighted by Gasteiger charge is 2.23. The largest absolute Gasteiger partial charge is 0.497 e. The Bertz CT molecular complexity index is 1230. The molecule has 1 unspecified atom stereocenters. The fourth-order valence-corrected chi connectivity index (χ4v) is 3.24. The standard InChI is InChI=1S/C21H19N5O3/c1-26-12-11-22-19(26)17(13-7-9-14(29-2)10-8-13)23-21(28)18-15-5-3-4-6-16(15)20(27)25-24-18/h3-12,17H,1-2H3,(H,23,28)(H,25,27). The van der Waals surface area contributed by atoms with Crippen molar-refractivity contribution >= 4 is 16.7 Å². The van der Waals surface area contributed by atoms with Crippen molar-refractivity contribution in [3.05, 3.63) is 88.4 Å². The third-order valence-corrected chi connectivity index (χ3v) is 4.75. The minimum Gasteiger partial charge on any atom is -0.497 e. The van der Waals surface area contributed by atoms with Gasteiger partial charge in [-0.1, -0.05) is 30.3 Å². The topological polar surface area (TPSA) is 102 Å². The minimum absolute atomic E-state index is 0.146. The van der Waals surface area contributed by atoms with E-state index < -0.39 is 11.9 Å². The van der Waals surface area contributed by atoms with Gasteiger partial charge in [0.2, 0.25) is 0 Å². The van der Waals surface area contributed by atoms with Crippen molar-refractivity contribution in [2.75, 3.05) is 7.11 Å². The molecular formula is C21H19N5O3. The van der Waals surface area contributed by atoms with Crippen molar-refractivity contribution in [2.24, 2.45) is 7.05 Å². The molecular weight excluding hydrogens is 370 g/mol. The summed E-state index contributed by atoms with van der Waals surface area (Å²) in [5, 5.41) is 10.3. The lowest BCUT2D eigenvalue weighted by molar-refractivity contribution is 0.0937. The molecule has 0 aliphatic rings. The van der Waals surface area contributed by atoms with Crippen molar-refractivity contribution in [3.63, 3.8) is 0 Å². The van der Waals surface area contributed by atoms with Gasteiger partial charge in [-0.3, -0.25) is 9.59 Å². The number of fused-ring (bicyclic) bond motifs is 1. The summed E-state index contributed by atoms with van der Waals surface area (Å²) in [6.07, 6.45) is 3.48. The highest BCUT2D eigenvalue weighted by molar-refractivity contribution is 6.04. The summed E-state index contributed by atoms with van der Waals surface area (Å²) in [5.41, 5.74) is 0.642. The van der Waals surface area contributed by atoms with Gasteiger partial charge in [-0.15, -0.1) is 0 Å². The third-order valence-electron chi connectivity index (χ3n) is 4.75. The number of hydrogen-bond donors (Lipinski definition) is 2. The average molecular weight is 389 g/mol. The van der Waals surface area contributed by atoms with Crippen molar-refractivity contribution in [1.29, 1.82) is 0 Å². The second kappa shape index (κ2) is 7.59. The number of nitrogens with one attached hydrogen (secondary N) is 2. The summed E-state index contributed by atoms with van der Waals surface area (Å²) in [4.78, 5) is 29.5. The smallest absolute Gasteiger partial charge is 0.273 e. The van der Waals surface area contributed by atoms with Gasteiger partial charge in [0.05, 0.1) is 12.5 Å². The summed E-state index contributed by atoms with van der Waals surface area (Å²) in [6, 6.07) is 13.7. The molecule has 0 fully saturated rings. The molecule has 0 spiro atoms. The highest BCUT2D eigenvalue weighted by atomic mass is 16.5. The maximum absolute atomic E-state index is 13.1. The molecule has 0 bridgehead atoms. The van der Waals surface area contributed by atoms with Gasteiger partial charge in [-0.2, -0.15) is 5.10 Å². The molecule has 8 nitrogen and oxygen atoms in total. The molecule has 0 saturated carbocycles.